The van der Waals surface area contributed by atoms with E-state index in [0.29, 0.717) is 10.4 Å². The largest absolute Gasteiger partial charge is 0.316 e. The highest BCUT2D eigenvalue weighted by Gasteiger charge is 2.17. The van der Waals surface area contributed by atoms with Crippen molar-refractivity contribution in [1.82, 2.24) is 5.32 Å². The fraction of sp³-hybridized carbons (Fsp3) is 0.500. The van der Waals surface area contributed by atoms with E-state index in [2.05, 4.69) is 27.3 Å². The minimum absolute atomic E-state index is 0.193. The van der Waals surface area contributed by atoms with Gasteiger partial charge in [-0.3, -0.25) is 0 Å². The molecule has 0 aromatic heterocycles. The molecule has 1 aliphatic carbocycles. The van der Waals surface area contributed by atoms with Crippen LogP contribution in [0.2, 0.25) is 0 Å². The third-order valence-corrected chi connectivity index (χ3v) is 4.45. The second kappa shape index (κ2) is 7.20. The quantitative estimate of drug-likeness (QED) is 0.840. The normalized spacial score (nSPS) is 17.7. The summed E-state index contributed by atoms with van der Waals surface area (Å²) in [7, 11) is 1.97. The van der Waals surface area contributed by atoms with Crippen LogP contribution in [0.1, 0.15) is 37.7 Å². The van der Waals surface area contributed by atoms with Crippen LogP contribution < -0.4 is 5.32 Å². The number of rotatable bonds is 4. The Hall–Kier alpha value is -0.670. The van der Waals surface area contributed by atoms with Crippen molar-refractivity contribution in [2.45, 2.75) is 32.1 Å². The molecule has 1 aliphatic rings. The molecule has 1 aromatic carbocycles. The molecule has 0 unspecified atom stereocenters. The predicted molar refractivity (Wildman–Crippen MR) is 82.6 cm³/mol. The molecule has 0 heterocycles. The van der Waals surface area contributed by atoms with Crippen molar-refractivity contribution < 1.29 is 4.39 Å². The van der Waals surface area contributed by atoms with E-state index in [0.717, 1.165) is 12.1 Å². The van der Waals surface area contributed by atoms with Gasteiger partial charge in [0.2, 0.25) is 0 Å². The second-order valence-corrected chi connectivity index (χ2v) is 6.11. The van der Waals surface area contributed by atoms with E-state index in [-0.39, 0.29) is 5.82 Å². The van der Waals surface area contributed by atoms with Crippen molar-refractivity contribution >= 4 is 22.0 Å². The van der Waals surface area contributed by atoms with Gasteiger partial charge in [-0.1, -0.05) is 37.0 Å². The molecule has 3 heteroatoms. The van der Waals surface area contributed by atoms with E-state index in [1.165, 1.54) is 37.7 Å². The van der Waals surface area contributed by atoms with Crippen molar-refractivity contribution in [3.05, 3.63) is 39.6 Å². The highest BCUT2D eigenvalue weighted by Crippen LogP contribution is 2.31. The average molecular weight is 326 g/mol. The average Bonchev–Trinajstić information content (AvgIpc) is 2.43. The lowest BCUT2D eigenvalue weighted by atomic mass is 9.83. The molecule has 0 radical (unpaired) electrons. The maximum Gasteiger partial charge on any atom is 0.137 e. The predicted octanol–water partition coefficient (Wildman–Crippen LogP) is 4.77. The van der Waals surface area contributed by atoms with Crippen LogP contribution in [-0.2, 0) is 0 Å². The summed E-state index contributed by atoms with van der Waals surface area (Å²) in [6.45, 7) is 0.891. The Morgan fingerprint density at radius 1 is 1.37 bits per heavy atom. The first-order chi connectivity index (χ1) is 9.20. The summed E-state index contributed by atoms with van der Waals surface area (Å²) in [6, 6.07) is 5.34. The second-order valence-electron chi connectivity index (χ2n) is 5.26. The molecular weight excluding hydrogens is 305 g/mol. The van der Waals surface area contributed by atoms with Crippen LogP contribution in [0.3, 0.4) is 0 Å². The maximum atomic E-state index is 13.6. The molecule has 0 amide bonds. The van der Waals surface area contributed by atoms with E-state index in [4.69, 9.17) is 0 Å². The summed E-state index contributed by atoms with van der Waals surface area (Å²) in [5.41, 5.74) is 2.36. The molecule has 0 saturated heterocycles. The van der Waals surface area contributed by atoms with E-state index in [1.807, 2.05) is 13.1 Å². The van der Waals surface area contributed by atoms with Crippen molar-refractivity contribution in [3.63, 3.8) is 0 Å². The molecule has 0 bridgehead atoms. The fourth-order valence-electron chi connectivity index (χ4n) is 2.81. The Labute approximate surface area is 123 Å². The van der Waals surface area contributed by atoms with Crippen molar-refractivity contribution in [3.8, 4) is 0 Å². The fourth-order valence-corrected chi connectivity index (χ4v) is 3.05. The Balaban J connectivity index is 2.20. The van der Waals surface area contributed by atoms with E-state index < -0.39 is 0 Å². The summed E-state index contributed by atoms with van der Waals surface area (Å²) in [4.78, 5) is 0. The summed E-state index contributed by atoms with van der Waals surface area (Å²) >= 11 is 3.19. The minimum atomic E-state index is -0.193. The number of halogens is 2. The number of benzene rings is 1. The molecule has 1 aromatic rings. The number of hydrogen-bond donors (Lipinski definition) is 1. The zero-order valence-electron chi connectivity index (χ0n) is 11.4. The topological polar surface area (TPSA) is 12.0 Å². The van der Waals surface area contributed by atoms with Gasteiger partial charge in [-0.15, -0.1) is 0 Å². The van der Waals surface area contributed by atoms with Gasteiger partial charge < -0.3 is 5.32 Å². The first kappa shape index (κ1) is 14.7. The molecule has 0 atom stereocenters. The highest BCUT2D eigenvalue weighted by atomic mass is 79.9. The van der Waals surface area contributed by atoms with Crippen LogP contribution >= 0.6 is 15.9 Å². The highest BCUT2D eigenvalue weighted by molar-refractivity contribution is 9.10. The SMILES string of the molecule is CNC/C(=C/c1ccc(Br)c(F)c1)C1CCCCC1. The van der Waals surface area contributed by atoms with Crippen LogP contribution in [0, 0.1) is 11.7 Å². The minimum Gasteiger partial charge on any atom is -0.316 e. The van der Waals surface area contributed by atoms with Crippen molar-refractivity contribution in [2.75, 3.05) is 13.6 Å². The van der Waals surface area contributed by atoms with Crippen molar-refractivity contribution in [2.24, 2.45) is 5.92 Å². The molecule has 19 heavy (non-hydrogen) atoms. The number of likely N-dealkylation sites (N-methyl/N-ethyl adjacent to an activating group) is 1. The Kier molecular flexibility index (Phi) is 5.59. The van der Waals surface area contributed by atoms with Gasteiger partial charge in [-0.2, -0.15) is 0 Å². The van der Waals surface area contributed by atoms with E-state index in [1.54, 1.807) is 12.1 Å². The number of nitrogens with one attached hydrogen (secondary N) is 1. The van der Waals surface area contributed by atoms with Crippen LogP contribution in [0.5, 0.6) is 0 Å². The summed E-state index contributed by atoms with van der Waals surface area (Å²) in [5.74, 6) is 0.467. The summed E-state index contributed by atoms with van der Waals surface area (Å²) < 4.78 is 14.1. The molecule has 0 spiro atoms. The van der Waals surface area contributed by atoms with Crippen LogP contribution in [-0.4, -0.2) is 13.6 Å². The van der Waals surface area contributed by atoms with Gasteiger partial charge in [0.25, 0.3) is 0 Å². The zero-order valence-corrected chi connectivity index (χ0v) is 13.0. The lowest BCUT2D eigenvalue weighted by Crippen LogP contribution is -2.19. The van der Waals surface area contributed by atoms with E-state index in [9.17, 15) is 4.39 Å². The maximum absolute atomic E-state index is 13.6. The molecular formula is C16H21BrFN. The Bertz CT molecular complexity index is 450. The molecule has 1 fully saturated rings. The Morgan fingerprint density at radius 2 is 2.11 bits per heavy atom. The number of hydrogen-bond acceptors (Lipinski definition) is 1. The Morgan fingerprint density at radius 3 is 2.74 bits per heavy atom. The van der Waals surface area contributed by atoms with Gasteiger partial charge >= 0.3 is 0 Å². The van der Waals surface area contributed by atoms with Gasteiger partial charge in [-0.05, 0) is 59.4 Å². The molecule has 0 aliphatic heterocycles. The lowest BCUT2D eigenvalue weighted by Gasteiger charge is -2.24. The van der Waals surface area contributed by atoms with Crippen molar-refractivity contribution in [1.29, 1.82) is 0 Å². The molecule has 1 nitrogen and oxygen atoms in total. The van der Waals surface area contributed by atoms with Crippen LogP contribution in [0.15, 0.2) is 28.2 Å². The third kappa shape index (κ3) is 4.15. The van der Waals surface area contributed by atoms with Gasteiger partial charge in [0.05, 0.1) is 4.47 Å². The monoisotopic (exact) mass is 325 g/mol. The first-order valence-corrected chi connectivity index (χ1v) is 7.80. The first-order valence-electron chi connectivity index (χ1n) is 7.01. The van der Waals surface area contributed by atoms with Gasteiger partial charge in [-0.25, -0.2) is 4.39 Å². The molecule has 1 saturated carbocycles. The zero-order chi connectivity index (χ0) is 13.7. The van der Waals surface area contributed by atoms with Crippen LogP contribution in [0.25, 0.3) is 6.08 Å². The third-order valence-electron chi connectivity index (χ3n) is 3.81. The lowest BCUT2D eigenvalue weighted by molar-refractivity contribution is 0.398. The summed E-state index contributed by atoms with van der Waals surface area (Å²) in [6.07, 6.45) is 8.69. The molecule has 2 rings (SSSR count). The van der Waals surface area contributed by atoms with Crippen LogP contribution in [0.4, 0.5) is 4.39 Å². The standard InChI is InChI=1S/C16H21BrFN/c1-19-11-14(13-5-3-2-4-6-13)9-12-7-8-15(17)16(18)10-12/h7-10,13,19H,2-6,11H2,1H3/b14-9-. The summed E-state index contributed by atoms with van der Waals surface area (Å²) in [5, 5.41) is 3.24. The smallest absolute Gasteiger partial charge is 0.137 e. The van der Waals surface area contributed by atoms with Gasteiger partial charge in [0.15, 0.2) is 0 Å². The molecule has 1 N–H and O–H groups in total. The van der Waals surface area contributed by atoms with Gasteiger partial charge in [0, 0.05) is 6.54 Å². The van der Waals surface area contributed by atoms with E-state index >= 15 is 0 Å². The van der Waals surface area contributed by atoms with Gasteiger partial charge in [0.1, 0.15) is 5.82 Å². The molecule has 104 valence electrons.